The highest BCUT2D eigenvalue weighted by atomic mass is 16.5. The third-order valence-electron chi connectivity index (χ3n) is 5.49. The monoisotopic (exact) mass is 386 g/mol. The van der Waals surface area contributed by atoms with Crippen molar-refractivity contribution >= 4 is 24.6 Å². The number of piperidine rings is 1. The number of carboxylic acids is 1. The maximum atomic E-state index is 12.5. The molecule has 3 N–H and O–H groups in total. The molecular formula is C19H23BN2O6. The summed E-state index contributed by atoms with van der Waals surface area (Å²) in [5.41, 5.74) is 1.05. The van der Waals surface area contributed by atoms with Crippen molar-refractivity contribution in [2.45, 2.75) is 25.3 Å². The van der Waals surface area contributed by atoms with Crippen molar-refractivity contribution in [1.82, 2.24) is 10.2 Å². The number of aromatic carboxylic acids is 1. The molecule has 1 unspecified atom stereocenters. The van der Waals surface area contributed by atoms with Gasteiger partial charge < -0.3 is 29.7 Å². The van der Waals surface area contributed by atoms with Gasteiger partial charge in [-0.15, -0.1) is 0 Å². The molecule has 0 saturated carbocycles. The van der Waals surface area contributed by atoms with Crippen LogP contribution in [0.25, 0.3) is 5.57 Å². The van der Waals surface area contributed by atoms with E-state index in [0.29, 0.717) is 30.8 Å². The van der Waals surface area contributed by atoms with Gasteiger partial charge in [-0.05, 0) is 37.1 Å². The minimum atomic E-state index is -1.20. The zero-order valence-corrected chi connectivity index (χ0v) is 15.5. The Morgan fingerprint density at radius 3 is 2.82 bits per heavy atom. The summed E-state index contributed by atoms with van der Waals surface area (Å²) in [5, 5.41) is 22.7. The van der Waals surface area contributed by atoms with E-state index in [-0.39, 0.29) is 41.3 Å². The predicted octanol–water partition coefficient (Wildman–Crippen LogP) is 0.860. The van der Waals surface area contributed by atoms with Crippen molar-refractivity contribution in [2.24, 2.45) is 5.92 Å². The highest BCUT2D eigenvalue weighted by Gasteiger charge is 2.38. The van der Waals surface area contributed by atoms with Crippen LogP contribution in [0.5, 0.6) is 11.5 Å². The van der Waals surface area contributed by atoms with Crippen LogP contribution in [0.4, 0.5) is 0 Å². The zero-order valence-electron chi connectivity index (χ0n) is 15.5. The van der Waals surface area contributed by atoms with Crippen molar-refractivity contribution in [3.63, 3.8) is 0 Å². The van der Waals surface area contributed by atoms with E-state index >= 15 is 0 Å². The molecule has 0 aliphatic carbocycles. The number of hydrogen-bond acceptors (Lipinski definition) is 6. The van der Waals surface area contributed by atoms with Gasteiger partial charge in [0, 0.05) is 18.4 Å². The fraction of sp³-hybridized carbons (Fsp3) is 0.474. The molecule has 3 aliphatic rings. The number of fused-ring (bicyclic) bond motifs is 1. The van der Waals surface area contributed by atoms with E-state index in [1.165, 1.54) is 0 Å². The van der Waals surface area contributed by atoms with Crippen LogP contribution in [-0.2, 0) is 4.79 Å². The second-order valence-corrected chi connectivity index (χ2v) is 7.53. The lowest BCUT2D eigenvalue weighted by atomic mass is 9.75. The fourth-order valence-electron chi connectivity index (χ4n) is 3.96. The number of rotatable bonds is 4. The van der Waals surface area contributed by atoms with Crippen LogP contribution in [-0.4, -0.2) is 66.3 Å². The van der Waals surface area contributed by atoms with E-state index < -0.39 is 13.1 Å². The van der Waals surface area contributed by atoms with Crippen LogP contribution < -0.4 is 14.7 Å². The van der Waals surface area contributed by atoms with E-state index in [1.807, 2.05) is 0 Å². The predicted molar refractivity (Wildman–Crippen MR) is 102 cm³/mol. The van der Waals surface area contributed by atoms with Gasteiger partial charge in [0.25, 0.3) is 0 Å². The molecule has 1 aromatic carbocycles. The number of ether oxygens (including phenoxy) is 1. The van der Waals surface area contributed by atoms with Crippen LogP contribution >= 0.6 is 0 Å². The lowest BCUT2D eigenvalue weighted by Crippen LogP contribution is -2.58. The van der Waals surface area contributed by atoms with Crippen molar-refractivity contribution in [3.8, 4) is 11.5 Å². The molecule has 28 heavy (non-hydrogen) atoms. The molecule has 2 fully saturated rings. The molecule has 0 bridgehead atoms. The fourth-order valence-corrected chi connectivity index (χ4v) is 3.96. The molecule has 3 heterocycles. The summed E-state index contributed by atoms with van der Waals surface area (Å²) < 4.78 is 11.2. The van der Waals surface area contributed by atoms with E-state index in [0.717, 1.165) is 19.4 Å². The topological polar surface area (TPSA) is 108 Å². The van der Waals surface area contributed by atoms with Gasteiger partial charge in [-0.25, -0.2) is 4.79 Å². The summed E-state index contributed by atoms with van der Waals surface area (Å²) in [6.07, 6.45) is 1.85. The van der Waals surface area contributed by atoms with Gasteiger partial charge >= 0.3 is 13.1 Å². The van der Waals surface area contributed by atoms with E-state index in [2.05, 4.69) is 11.9 Å². The molecule has 0 spiro atoms. The minimum absolute atomic E-state index is 0.00826. The molecule has 0 aromatic heterocycles. The number of nitrogens with one attached hydrogen (secondary N) is 1. The first-order valence-electron chi connectivity index (χ1n) is 9.53. The lowest BCUT2D eigenvalue weighted by Gasteiger charge is -2.41. The second-order valence-electron chi connectivity index (χ2n) is 7.53. The molecule has 1 aromatic rings. The number of hydrogen-bond donors (Lipinski definition) is 3. The molecule has 8 nitrogen and oxygen atoms in total. The molecule has 1 amide bonds. The number of carboxylic acid groups (broad SMARTS) is 1. The molecule has 148 valence electrons. The Hall–Kier alpha value is -2.52. The van der Waals surface area contributed by atoms with E-state index in [1.54, 1.807) is 17.0 Å². The lowest BCUT2D eigenvalue weighted by molar-refractivity contribution is -0.145. The molecule has 0 radical (unpaired) electrons. The third-order valence-corrected chi connectivity index (χ3v) is 5.49. The molecule has 4 rings (SSSR count). The highest BCUT2D eigenvalue weighted by Crippen LogP contribution is 2.41. The van der Waals surface area contributed by atoms with E-state index in [4.69, 9.17) is 9.39 Å². The van der Waals surface area contributed by atoms with Crippen LogP contribution in [0.3, 0.4) is 0 Å². The summed E-state index contributed by atoms with van der Waals surface area (Å²) in [5.74, 6) is -0.819. The maximum Gasteiger partial charge on any atom is 0.527 e. The van der Waals surface area contributed by atoms with E-state index in [9.17, 15) is 19.7 Å². The number of benzene rings is 1. The molecule has 1 atom stereocenters. The average Bonchev–Trinajstić information content (AvgIpc) is 2.63. The SMILES string of the molecule is C=C1CB(O)Oc2c1ccc(OC1CN(C(=O)C3CCCNC3)C1)c2C(=O)O. The molecule has 3 aliphatic heterocycles. The summed E-state index contributed by atoms with van der Waals surface area (Å²) in [4.78, 5) is 26.1. The number of carbonyl (C=O) groups is 2. The first-order valence-corrected chi connectivity index (χ1v) is 9.53. The third kappa shape index (κ3) is 3.47. The van der Waals surface area contributed by atoms with Gasteiger partial charge in [0.1, 0.15) is 23.2 Å². The van der Waals surface area contributed by atoms with Crippen LogP contribution in [0.1, 0.15) is 28.8 Å². The van der Waals surface area contributed by atoms with Crippen LogP contribution in [0.2, 0.25) is 6.32 Å². The Balaban J connectivity index is 1.46. The first kappa shape index (κ1) is 18.8. The van der Waals surface area contributed by atoms with Crippen molar-refractivity contribution < 1.29 is 29.1 Å². The Morgan fingerprint density at radius 2 is 2.14 bits per heavy atom. The number of carbonyl (C=O) groups excluding carboxylic acids is 1. The molecule has 9 heteroatoms. The Kier molecular flexibility index (Phi) is 5.03. The van der Waals surface area contributed by atoms with Crippen LogP contribution in [0, 0.1) is 5.92 Å². The summed E-state index contributed by atoms with van der Waals surface area (Å²) in [6.45, 7) is 6.40. The van der Waals surface area contributed by atoms with Crippen LogP contribution in [0.15, 0.2) is 18.7 Å². The summed E-state index contributed by atoms with van der Waals surface area (Å²) in [7, 11) is -1.13. The molecular weight excluding hydrogens is 363 g/mol. The second kappa shape index (κ2) is 7.48. The van der Waals surface area contributed by atoms with Crippen molar-refractivity contribution in [2.75, 3.05) is 26.2 Å². The minimum Gasteiger partial charge on any atom is -0.535 e. The number of amides is 1. The maximum absolute atomic E-state index is 12.5. The quantitative estimate of drug-likeness (QED) is 0.659. The smallest absolute Gasteiger partial charge is 0.527 e. The van der Waals surface area contributed by atoms with Gasteiger partial charge in [-0.3, -0.25) is 4.79 Å². The van der Waals surface area contributed by atoms with Gasteiger partial charge in [-0.2, -0.15) is 0 Å². The standard InChI is InChI=1S/C19H23BN2O6/c1-11-7-20(26)28-17-14(11)4-5-15(16(17)19(24)25)27-13-9-22(10-13)18(23)12-3-2-6-21-8-12/h4-5,12-13,21,26H,1-3,6-10H2,(H,24,25). The Bertz CT molecular complexity index is 817. The first-order chi connectivity index (χ1) is 13.4. The van der Waals surface area contributed by atoms with Gasteiger partial charge in [0.05, 0.1) is 19.0 Å². The van der Waals surface area contributed by atoms with Crippen molar-refractivity contribution in [1.29, 1.82) is 0 Å². The molecule has 2 saturated heterocycles. The van der Waals surface area contributed by atoms with Crippen molar-refractivity contribution in [3.05, 3.63) is 29.8 Å². The Morgan fingerprint density at radius 1 is 1.36 bits per heavy atom. The van der Waals surface area contributed by atoms with Gasteiger partial charge in [0.2, 0.25) is 5.91 Å². The normalized spacial score (nSPS) is 22.2. The number of allylic oxidation sites excluding steroid dienone is 1. The summed E-state index contributed by atoms with van der Waals surface area (Å²) in [6, 6.07) is 3.28. The summed E-state index contributed by atoms with van der Waals surface area (Å²) >= 11 is 0. The highest BCUT2D eigenvalue weighted by molar-refractivity contribution is 6.47. The number of likely N-dealkylation sites (tertiary alicyclic amines) is 1. The Labute approximate surface area is 163 Å². The van der Waals surface area contributed by atoms with Gasteiger partial charge in [0.15, 0.2) is 0 Å². The zero-order chi connectivity index (χ0) is 19.8. The number of nitrogens with zero attached hydrogens (tertiary/aromatic N) is 1. The average molecular weight is 386 g/mol. The van der Waals surface area contributed by atoms with Gasteiger partial charge in [-0.1, -0.05) is 6.58 Å². The largest absolute Gasteiger partial charge is 0.535 e.